The van der Waals surface area contributed by atoms with Gasteiger partial charge in [0, 0.05) is 22.8 Å². The van der Waals surface area contributed by atoms with Crippen LogP contribution in [0.5, 0.6) is 0 Å². The zero-order valence-corrected chi connectivity index (χ0v) is 15.3. The first-order valence-corrected chi connectivity index (χ1v) is 9.28. The SMILES string of the molecule is Cc1ccc([C@H]2CC(=O)Nc3c2sc(C(=O)O)c3-c2cccc(F)c2)cc1. The number of amides is 1. The Kier molecular flexibility index (Phi) is 4.28. The average molecular weight is 381 g/mol. The molecule has 27 heavy (non-hydrogen) atoms. The van der Waals surface area contributed by atoms with Crippen LogP contribution in [0, 0.1) is 12.7 Å². The van der Waals surface area contributed by atoms with Crippen LogP contribution in [-0.4, -0.2) is 17.0 Å². The lowest BCUT2D eigenvalue weighted by molar-refractivity contribution is -0.116. The number of carboxylic acid groups (broad SMARTS) is 1. The molecule has 4 nitrogen and oxygen atoms in total. The van der Waals surface area contributed by atoms with E-state index in [4.69, 9.17) is 0 Å². The average Bonchev–Trinajstić information content (AvgIpc) is 3.01. The summed E-state index contributed by atoms with van der Waals surface area (Å²) in [6.07, 6.45) is 0.248. The number of rotatable bonds is 3. The van der Waals surface area contributed by atoms with Gasteiger partial charge in [0.15, 0.2) is 0 Å². The van der Waals surface area contributed by atoms with E-state index in [1.165, 1.54) is 18.2 Å². The summed E-state index contributed by atoms with van der Waals surface area (Å²) < 4.78 is 13.7. The molecule has 1 aliphatic heterocycles. The fraction of sp³-hybridized carbons (Fsp3) is 0.143. The lowest BCUT2D eigenvalue weighted by Gasteiger charge is -2.24. The molecule has 0 aliphatic carbocycles. The maximum absolute atomic E-state index is 13.7. The normalized spacial score (nSPS) is 15.9. The molecule has 2 N–H and O–H groups in total. The van der Waals surface area contributed by atoms with Gasteiger partial charge in [0.25, 0.3) is 0 Å². The Hall–Kier alpha value is -2.99. The standard InChI is InChI=1S/C21H16FNO3S/c1-11-5-7-12(8-6-11)15-10-16(24)23-18-17(13-3-2-4-14(22)9-13)20(21(25)26)27-19(15)18/h2-9,15H,10H2,1H3,(H,23,24)(H,25,26)/t15-/m1/s1. The number of benzene rings is 2. The smallest absolute Gasteiger partial charge is 0.346 e. The first-order valence-electron chi connectivity index (χ1n) is 8.46. The quantitative estimate of drug-likeness (QED) is 0.668. The van der Waals surface area contributed by atoms with Crippen LogP contribution in [0.15, 0.2) is 48.5 Å². The lowest BCUT2D eigenvalue weighted by atomic mass is 9.88. The lowest BCUT2D eigenvalue weighted by Crippen LogP contribution is -2.22. The molecule has 3 aromatic rings. The number of hydrogen-bond acceptors (Lipinski definition) is 3. The molecular formula is C21H16FNO3S. The molecule has 1 aromatic heterocycles. The van der Waals surface area contributed by atoms with Crippen molar-refractivity contribution in [3.63, 3.8) is 0 Å². The Morgan fingerprint density at radius 2 is 1.96 bits per heavy atom. The minimum Gasteiger partial charge on any atom is -0.477 e. The Labute approximate surface area is 159 Å². The Bertz CT molecular complexity index is 1060. The van der Waals surface area contributed by atoms with Crippen molar-refractivity contribution in [2.24, 2.45) is 0 Å². The highest BCUT2D eigenvalue weighted by molar-refractivity contribution is 7.15. The van der Waals surface area contributed by atoms with Crippen LogP contribution in [0.4, 0.5) is 10.1 Å². The van der Waals surface area contributed by atoms with Crippen molar-refractivity contribution in [3.05, 3.63) is 75.2 Å². The molecule has 0 radical (unpaired) electrons. The molecule has 0 bridgehead atoms. The summed E-state index contributed by atoms with van der Waals surface area (Å²) in [5, 5.41) is 12.5. The van der Waals surface area contributed by atoms with Crippen molar-refractivity contribution in [3.8, 4) is 11.1 Å². The summed E-state index contributed by atoms with van der Waals surface area (Å²) in [6, 6.07) is 13.6. The van der Waals surface area contributed by atoms with Gasteiger partial charge in [-0.15, -0.1) is 11.3 Å². The van der Waals surface area contributed by atoms with Crippen LogP contribution >= 0.6 is 11.3 Å². The van der Waals surface area contributed by atoms with Crippen molar-refractivity contribution in [1.29, 1.82) is 0 Å². The third kappa shape index (κ3) is 3.13. The van der Waals surface area contributed by atoms with Crippen molar-refractivity contribution >= 4 is 28.9 Å². The first kappa shape index (κ1) is 17.4. The molecule has 2 heterocycles. The Morgan fingerprint density at radius 3 is 2.63 bits per heavy atom. The number of halogens is 1. The van der Waals surface area contributed by atoms with Gasteiger partial charge < -0.3 is 10.4 Å². The fourth-order valence-corrected chi connectivity index (χ4v) is 4.67. The van der Waals surface area contributed by atoms with E-state index in [-0.39, 0.29) is 23.1 Å². The molecule has 0 fully saturated rings. The van der Waals surface area contributed by atoms with Gasteiger partial charge in [0.05, 0.1) is 5.69 Å². The maximum Gasteiger partial charge on any atom is 0.346 e. The molecule has 0 spiro atoms. The van der Waals surface area contributed by atoms with Gasteiger partial charge in [-0.25, -0.2) is 9.18 Å². The second-order valence-electron chi connectivity index (χ2n) is 6.58. The Morgan fingerprint density at radius 1 is 1.22 bits per heavy atom. The van der Waals surface area contributed by atoms with Crippen LogP contribution in [0.1, 0.15) is 38.0 Å². The molecule has 0 saturated carbocycles. The molecule has 6 heteroatoms. The third-order valence-electron chi connectivity index (χ3n) is 4.69. The second kappa shape index (κ2) is 6.63. The minimum absolute atomic E-state index is 0.102. The van der Waals surface area contributed by atoms with Crippen molar-refractivity contribution in [2.45, 2.75) is 19.3 Å². The number of carbonyl (C=O) groups excluding carboxylic acids is 1. The largest absolute Gasteiger partial charge is 0.477 e. The van der Waals surface area contributed by atoms with Crippen molar-refractivity contribution in [1.82, 2.24) is 0 Å². The van der Waals surface area contributed by atoms with E-state index < -0.39 is 11.8 Å². The van der Waals surface area contributed by atoms with E-state index in [9.17, 15) is 19.1 Å². The second-order valence-corrected chi connectivity index (χ2v) is 7.63. The number of aryl methyl sites for hydroxylation is 1. The van der Waals surface area contributed by atoms with E-state index in [0.717, 1.165) is 27.3 Å². The monoisotopic (exact) mass is 381 g/mol. The topological polar surface area (TPSA) is 66.4 Å². The van der Waals surface area contributed by atoms with Crippen molar-refractivity contribution < 1.29 is 19.1 Å². The summed E-state index contributed by atoms with van der Waals surface area (Å²) in [5.41, 5.74) is 3.35. The highest BCUT2D eigenvalue weighted by atomic mass is 32.1. The molecule has 1 aliphatic rings. The predicted octanol–water partition coefficient (Wildman–Crippen LogP) is 5.03. The van der Waals surface area contributed by atoms with Gasteiger partial charge in [-0.2, -0.15) is 0 Å². The molecule has 1 atom stereocenters. The molecule has 1 amide bonds. The van der Waals surface area contributed by atoms with E-state index in [1.54, 1.807) is 6.07 Å². The van der Waals surface area contributed by atoms with E-state index in [0.29, 0.717) is 16.8 Å². The zero-order chi connectivity index (χ0) is 19.1. The predicted molar refractivity (Wildman–Crippen MR) is 103 cm³/mol. The minimum atomic E-state index is -1.09. The summed E-state index contributed by atoms with van der Waals surface area (Å²) in [6.45, 7) is 1.98. The van der Waals surface area contributed by atoms with Crippen LogP contribution in [-0.2, 0) is 4.79 Å². The van der Waals surface area contributed by atoms with Crippen LogP contribution in [0.25, 0.3) is 11.1 Å². The molecule has 2 aromatic carbocycles. The number of aromatic carboxylic acids is 1. The number of carbonyl (C=O) groups is 2. The van der Waals surface area contributed by atoms with E-state index >= 15 is 0 Å². The van der Waals surface area contributed by atoms with Crippen LogP contribution < -0.4 is 5.32 Å². The van der Waals surface area contributed by atoms with Crippen LogP contribution in [0.2, 0.25) is 0 Å². The van der Waals surface area contributed by atoms with Gasteiger partial charge in [0.2, 0.25) is 5.91 Å². The van der Waals surface area contributed by atoms with Gasteiger partial charge in [0.1, 0.15) is 10.7 Å². The molecule has 4 rings (SSSR count). The van der Waals surface area contributed by atoms with Gasteiger partial charge >= 0.3 is 5.97 Å². The van der Waals surface area contributed by atoms with E-state index in [1.807, 2.05) is 31.2 Å². The number of hydrogen-bond donors (Lipinski definition) is 2. The first-order chi connectivity index (χ1) is 12.9. The molecule has 0 saturated heterocycles. The molecule has 136 valence electrons. The number of fused-ring (bicyclic) bond motifs is 1. The Balaban J connectivity index is 1.94. The van der Waals surface area contributed by atoms with Gasteiger partial charge in [-0.3, -0.25) is 4.79 Å². The van der Waals surface area contributed by atoms with Crippen LogP contribution in [0.3, 0.4) is 0 Å². The number of anilines is 1. The summed E-state index contributed by atoms with van der Waals surface area (Å²) in [5.74, 6) is -1.95. The van der Waals surface area contributed by atoms with E-state index in [2.05, 4.69) is 5.32 Å². The fourth-order valence-electron chi connectivity index (χ4n) is 3.42. The number of thiophene rings is 1. The number of carboxylic acids is 1. The maximum atomic E-state index is 13.7. The van der Waals surface area contributed by atoms with Crippen molar-refractivity contribution in [2.75, 3.05) is 5.32 Å². The molecular weight excluding hydrogens is 365 g/mol. The molecule has 0 unspecified atom stereocenters. The highest BCUT2D eigenvalue weighted by Crippen LogP contribution is 2.49. The third-order valence-corrected chi connectivity index (χ3v) is 5.98. The van der Waals surface area contributed by atoms with Gasteiger partial charge in [-0.1, -0.05) is 42.0 Å². The van der Waals surface area contributed by atoms with Gasteiger partial charge in [-0.05, 0) is 30.2 Å². The summed E-state index contributed by atoms with van der Waals surface area (Å²) in [7, 11) is 0. The summed E-state index contributed by atoms with van der Waals surface area (Å²) in [4.78, 5) is 25.1. The summed E-state index contributed by atoms with van der Waals surface area (Å²) >= 11 is 1.14. The zero-order valence-electron chi connectivity index (χ0n) is 14.5. The number of nitrogens with one attached hydrogen (secondary N) is 1. The highest BCUT2D eigenvalue weighted by Gasteiger charge is 2.34.